The number of rotatable bonds is 2. The fourth-order valence-corrected chi connectivity index (χ4v) is 0.753. The topological polar surface area (TPSA) is 38.4 Å². The summed E-state index contributed by atoms with van der Waals surface area (Å²) in [4.78, 5) is 3.01. The fourth-order valence-electron chi connectivity index (χ4n) is 0.753. The van der Waals surface area contributed by atoms with Crippen LogP contribution in [0.1, 0.15) is 13.3 Å². The molecule has 0 unspecified atom stereocenters. The Kier molecular flexibility index (Phi) is 3.90. The number of alkyl halides is 3. The summed E-state index contributed by atoms with van der Waals surface area (Å²) < 4.78 is 48.6. The molecule has 0 aliphatic heterocycles. The summed E-state index contributed by atoms with van der Waals surface area (Å²) in [5.41, 5.74) is 2.70. The summed E-state index contributed by atoms with van der Waals surface area (Å²) in [6, 6.07) is 0. The first kappa shape index (κ1) is 11.9. The van der Waals surface area contributed by atoms with Crippen LogP contribution in [0.4, 0.5) is 17.6 Å². The molecule has 0 aliphatic rings. The normalized spacial score (nSPS) is 15.7. The molecule has 6 heteroatoms. The maximum Gasteiger partial charge on any atom is 0.431 e. The Morgan fingerprint density at radius 2 is 1.85 bits per heavy atom. The van der Waals surface area contributed by atoms with Gasteiger partial charge < -0.3 is 5.73 Å². The quantitative estimate of drug-likeness (QED) is 0.536. The molecule has 0 rings (SSSR count). The Labute approximate surface area is 73.1 Å². The predicted octanol–water partition coefficient (Wildman–Crippen LogP) is 2.17. The molecule has 76 valence electrons. The van der Waals surface area contributed by atoms with E-state index in [2.05, 4.69) is 4.99 Å². The van der Waals surface area contributed by atoms with E-state index in [0.717, 1.165) is 7.05 Å². The lowest BCUT2D eigenvalue weighted by Crippen LogP contribution is -2.23. The summed E-state index contributed by atoms with van der Waals surface area (Å²) in [6.07, 6.45) is -4.85. The molecule has 0 saturated carbocycles. The number of hydrogen-bond donors (Lipinski definition) is 1. The predicted molar refractivity (Wildman–Crippen MR) is 42.0 cm³/mol. The summed E-state index contributed by atoms with van der Waals surface area (Å²) in [6.45, 7) is 1.37. The molecule has 0 bridgehead atoms. The zero-order valence-electron chi connectivity index (χ0n) is 7.24. The molecule has 0 aliphatic carbocycles. The number of nitrogens with two attached hydrogens (primary N) is 1. The van der Waals surface area contributed by atoms with Gasteiger partial charge in [0.15, 0.2) is 0 Å². The lowest BCUT2D eigenvalue weighted by atomic mass is 10.1. The second-order valence-electron chi connectivity index (χ2n) is 2.26. The van der Waals surface area contributed by atoms with Gasteiger partial charge >= 0.3 is 6.18 Å². The van der Waals surface area contributed by atoms with Crippen LogP contribution in [0, 0.1) is 0 Å². The maximum absolute atomic E-state index is 12.7. The first-order chi connectivity index (χ1) is 5.84. The Morgan fingerprint density at radius 3 is 2.08 bits per heavy atom. The zero-order chi connectivity index (χ0) is 10.6. The van der Waals surface area contributed by atoms with Crippen LogP contribution in [0.15, 0.2) is 16.3 Å². The fraction of sp³-hybridized carbons (Fsp3) is 0.571. The van der Waals surface area contributed by atoms with E-state index in [1.807, 2.05) is 0 Å². The minimum atomic E-state index is -4.70. The van der Waals surface area contributed by atoms with Crippen molar-refractivity contribution in [3.8, 4) is 0 Å². The number of halogens is 4. The van der Waals surface area contributed by atoms with Crippen molar-refractivity contribution in [3.05, 3.63) is 11.3 Å². The van der Waals surface area contributed by atoms with Gasteiger partial charge in [-0.05, 0) is 6.42 Å². The molecule has 0 radical (unpaired) electrons. The minimum Gasteiger partial charge on any atom is -0.394 e. The van der Waals surface area contributed by atoms with Gasteiger partial charge in [-0.3, -0.25) is 4.99 Å². The third kappa shape index (κ3) is 3.04. The summed E-state index contributed by atoms with van der Waals surface area (Å²) in [5.74, 6) is -1.17. The van der Waals surface area contributed by atoms with E-state index in [-0.39, 0.29) is 6.42 Å². The molecule has 2 N–H and O–H groups in total. The summed E-state index contributed by atoms with van der Waals surface area (Å²) in [5, 5.41) is 0. The lowest BCUT2D eigenvalue weighted by Gasteiger charge is -2.10. The Morgan fingerprint density at radius 1 is 1.38 bits per heavy atom. The van der Waals surface area contributed by atoms with E-state index in [9.17, 15) is 17.6 Å². The highest BCUT2D eigenvalue weighted by Gasteiger charge is 2.34. The van der Waals surface area contributed by atoms with Gasteiger partial charge in [0.1, 0.15) is 5.70 Å². The number of allylic oxidation sites excluding steroid dienone is 2. The molecule has 0 aromatic carbocycles. The van der Waals surface area contributed by atoms with E-state index in [0.29, 0.717) is 0 Å². The molecule has 0 atom stereocenters. The van der Waals surface area contributed by atoms with Crippen LogP contribution in [0.5, 0.6) is 0 Å². The van der Waals surface area contributed by atoms with Gasteiger partial charge in [0.2, 0.25) is 5.97 Å². The van der Waals surface area contributed by atoms with Crippen molar-refractivity contribution in [1.29, 1.82) is 0 Å². The molecule has 2 nitrogen and oxygen atoms in total. The monoisotopic (exact) mass is 198 g/mol. The van der Waals surface area contributed by atoms with Crippen LogP contribution >= 0.6 is 0 Å². The van der Waals surface area contributed by atoms with Gasteiger partial charge in [-0.1, -0.05) is 6.92 Å². The van der Waals surface area contributed by atoms with Crippen molar-refractivity contribution >= 4 is 5.97 Å². The largest absolute Gasteiger partial charge is 0.431 e. The molecule has 0 aromatic rings. The smallest absolute Gasteiger partial charge is 0.394 e. The molecular formula is C7H10F4N2. The van der Waals surface area contributed by atoms with E-state index in [4.69, 9.17) is 5.73 Å². The van der Waals surface area contributed by atoms with Gasteiger partial charge in [-0.25, -0.2) is 0 Å². The standard InChI is InChI=1S/C7H10F4N2/c1-3-4(6(8)13-2)5(12)7(9,10)11/h3,12H2,1-2H3. The number of nitrogens with zero attached hydrogens (tertiary/aromatic N) is 1. The van der Waals surface area contributed by atoms with Crippen molar-refractivity contribution in [1.82, 2.24) is 0 Å². The molecule has 0 aromatic heterocycles. The zero-order valence-corrected chi connectivity index (χ0v) is 7.24. The second kappa shape index (κ2) is 4.25. The number of hydrogen-bond acceptors (Lipinski definition) is 2. The van der Waals surface area contributed by atoms with Crippen molar-refractivity contribution in [2.75, 3.05) is 7.05 Å². The third-order valence-corrected chi connectivity index (χ3v) is 1.43. The molecule has 0 amide bonds. The van der Waals surface area contributed by atoms with Gasteiger partial charge in [-0.2, -0.15) is 17.6 Å². The summed E-state index contributed by atoms with van der Waals surface area (Å²) in [7, 11) is 1.06. The average molecular weight is 198 g/mol. The van der Waals surface area contributed by atoms with Crippen LogP contribution in [0.2, 0.25) is 0 Å². The maximum atomic E-state index is 12.7. The Bertz CT molecular complexity index is 239. The van der Waals surface area contributed by atoms with Crippen LogP contribution in [-0.2, 0) is 0 Å². The number of aliphatic imine (C=N–C) groups is 1. The SMILES string of the molecule is CCC(C(F)=NC)=C(N)C(F)(F)F. The summed E-state index contributed by atoms with van der Waals surface area (Å²) >= 11 is 0. The van der Waals surface area contributed by atoms with Crippen LogP contribution < -0.4 is 5.73 Å². The van der Waals surface area contributed by atoms with E-state index >= 15 is 0 Å². The highest BCUT2D eigenvalue weighted by Crippen LogP contribution is 2.26. The van der Waals surface area contributed by atoms with Crippen molar-refractivity contribution in [2.45, 2.75) is 19.5 Å². The van der Waals surface area contributed by atoms with Crippen LogP contribution in [-0.4, -0.2) is 19.2 Å². The first-order valence-corrected chi connectivity index (χ1v) is 3.53. The molecule has 0 fully saturated rings. The molecule has 0 spiro atoms. The van der Waals surface area contributed by atoms with Gasteiger partial charge in [-0.15, -0.1) is 0 Å². The third-order valence-electron chi connectivity index (χ3n) is 1.43. The Hall–Kier alpha value is -1.07. The van der Waals surface area contributed by atoms with E-state index < -0.39 is 23.4 Å². The van der Waals surface area contributed by atoms with Crippen molar-refractivity contribution in [2.24, 2.45) is 10.7 Å². The van der Waals surface area contributed by atoms with Crippen molar-refractivity contribution < 1.29 is 17.6 Å². The second-order valence-corrected chi connectivity index (χ2v) is 2.26. The minimum absolute atomic E-state index is 0.144. The van der Waals surface area contributed by atoms with E-state index in [1.165, 1.54) is 6.92 Å². The van der Waals surface area contributed by atoms with Crippen molar-refractivity contribution in [3.63, 3.8) is 0 Å². The van der Waals surface area contributed by atoms with E-state index in [1.54, 1.807) is 0 Å². The first-order valence-electron chi connectivity index (χ1n) is 3.53. The highest BCUT2D eigenvalue weighted by molar-refractivity contribution is 5.93. The molecule has 0 saturated heterocycles. The molecule has 13 heavy (non-hydrogen) atoms. The lowest BCUT2D eigenvalue weighted by molar-refractivity contribution is -0.0933. The van der Waals surface area contributed by atoms with Gasteiger partial charge in [0, 0.05) is 12.6 Å². The van der Waals surface area contributed by atoms with Gasteiger partial charge in [0.05, 0.1) is 0 Å². The molecular weight excluding hydrogens is 188 g/mol. The molecule has 0 heterocycles. The van der Waals surface area contributed by atoms with Crippen LogP contribution in [0.25, 0.3) is 0 Å². The highest BCUT2D eigenvalue weighted by atomic mass is 19.4. The average Bonchev–Trinajstić information content (AvgIpc) is 2.03. The Balaban J connectivity index is 5.15. The van der Waals surface area contributed by atoms with Crippen LogP contribution in [0.3, 0.4) is 0 Å². The van der Waals surface area contributed by atoms with Gasteiger partial charge in [0.25, 0.3) is 0 Å².